The summed E-state index contributed by atoms with van der Waals surface area (Å²) in [5, 5.41) is 6.17. The monoisotopic (exact) mass is 276 g/mol. The third-order valence-corrected chi connectivity index (χ3v) is 3.83. The Morgan fingerprint density at radius 1 is 1.25 bits per heavy atom. The highest BCUT2D eigenvalue weighted by Gasteiger charge is 2.24. The largest absolute Gasteiger partial charge is 0.367 e. The zero-order chi connectivity index (χ0) is 14.2. The second-order valence-corrected chi connectivity index (χ2v) is 5.29. The second-order valence-electron chi connectivity index (χ2n) is 5.29. The molecule has 20 heavy (non-hydrogen) atoms. The summed E-state index contributed by atoms with van der Waals surface area (Å²) in [6, 6.07) is 10.3. The molecule has 1 fully saturated rings. The van der Waals surface area contributed by atoms with Gasteiger partial charge in [-0.15, -0.1) is 0 Å². The normalized spacial score (nSPS) is 22.4. The number of amides is 1. The number of hydrogen-bond acceptors (Lipinski definition) is 3. The summed E-state index contributed by atoms with van der Waals surface area (Å²) in [6.45, 7) is 0.707. The van der Waals surface area contributed by atoms with E-state index in [2.05, 4.69) is 10.6 Å². The van der Waals surface area contributed by atoms with E-state index in [1.54, 1.807) is 0 Å². The molecule has 0 aromatic heterocycles. The highest BCUT2D eigenvalue weighted by Crippen LogP contribution is 2.20. The quantitative estimate of drug-likeness (QED) is 0.833. The lowest BCUT2D eigenvalue weighted by Crippen LogP contribution is -2.43. The van der Waals surface area contributed by atoms with E-state index in [9.17, 15) is 4.79 Å². The molecule has 4 heteroatoms. The van der Waals surface area contributed by atoms with Crippen LogP contribution in [-0.4, -0.2) is 31.7 Å². The van der Waals surface area contributed by atoms with Crippen molar-refractivity contribution in [1.82, 2.24) is 10.6 Å². The first kappa shape index (κ1) is 15.0. The number of benzene rings is 1. The van der Waals surface area contributed by atoms with E-state index in [0.717, 1.165) is 18.4 Å². The van der Waals surface area contributed by atoms with Gasteiger partial charge in [0, 0.05) is 12.6 Å². The molecule has 1 aliphatic carbocycles. The van der Waals surface area contributed by atoms with Gasteiger partial charge in [-0.2, -0.15) is 0 Å². The summed E-state index contributed by atoms with van der Waals surface area (Å²) in [5.74, 6) is -0.0470. The van der Waals surface area contributed by atoms with Gasteiger partial charge < -0.3 is 15.4 Å². The smallest absolute Gasteiger partial charge is 0.246 e. The van der Waals surface area contributed by atoms with Gasteiger partial charge in [0.15, 0.2) is 0 Å². The van der Waals surface area contributed by atoms with Crippen LogP contribution in [0.4, 0.5) is 0 Å². The number of carbonyl (C=O) groups is 1. The maximum atomic E-state index is 11.8. The predicted octanol–water partition coefficient (Wildman–Crippen LogP) is 1.85. The molecule has 2 unspecified atom stereocenters. The van der Waals surface area contributed by atoms with E-state index in [1.807, 2.05) is 37.4 Å². The minimum Gasteiger partial charge on any atom is -0.367 e. The van der Waals surface area contributed by atoms with Crippen molar-refractivity contribution in [3.8, 4) is 0 Å². The Kier molecular flexibility index (Phi) is 6.02. The van der Waals surface area contributed by atoms with Crippen LogP contribution in [0.15, 0.2) is 30.3 Å². The fourth-order valence-electron chi connectivity index (χ4n) is 2.66. The number of ether oxygens (including phenoxy) is 1. The van der Waals surface area contributed by atoms with Crippen molar-refractivity contribution < 1.29 is 9.53 Å². The zero-order valence-electron chi connectivity index (χ0n) is 12.1. The van der Waals surface area contributed by atoms with Gasteiger partial charge in [0.2, 0.25) is 5.91 Å². The van der Waals surface area contributed by atoms with Gasteiger partial charge in [-0.05, 0) is 25.5 Å². The van der Waals surface area contributed by atoms with Crippen molar-refractivity contribution in [1.29, 1.82) is 0 Å². The van der Waals surface area contributed by atoms with Crippen molar-refractivity contribution in [3.63, 3.8) is 0 Å². The van der Waals surface area contributed by atoms with E-state index >= 15 is 0 Å². The molecule has 1 amide bonds. The molecular formula is C16H24N2O2. The van der Waals surface area contributed by atoms with Crippen LogP contribution in [0, 0.1) is 0 Å². The Balaban J connectivity index is 1.69. The Bertz CT molecular complexity index is 408. The average molecular weight is 276 g/mol. The Morgan fingerprint density at radius 2 is 2.00 bits per heavy atom. The van der Waals surface area contributed by atoms with Crippen LogP contribution < -0.4 is 10.6 Å². The Morgan fingerprint density at radius 3 is 2.75 bits per heavy atom. The SMILES string of the molecule is CNC1CCCCC1OCC(=O)NCc1ccccc1. The lowest BCUT2D eigenvalue weighted by molar-refractivity contribution is -0.129. The summed E-state index contributed by atoms with van der Waals surface area (Å²) < 4.78 is 5.76. The van der Waals surface area contributed by atoms with Crippen LogP contribution in [0.1, 0.15) is 31.2 Å². The third-order valence-electron chi connectivity index (χ3n) is 3.83. The van der Waals surface area contributed by atoms with Crippen LogP contribution in [0.2, 0.25) is 0 Å². The van der Waals surface area contributed by atoms with E-state index < -0.39 is 0 Å². The Labute approximate surface area is 120 Å². The number of carbonyl (C=O) groups excluding carboxylic acids is 1. The molecule has 1 aliphatic rings. The fraction of sp³-hybridized carbons (Fsp3) is 0.562. The summed E-state index contributed by atoms with van der Waals surface area (Å²) in [6.07, 6.45) is 4.76. The maximum Gasteiger partial charge on any atom is 0.246 e. The molecule has 2 atom stereocenters. The van der Waals surface area contributed by atoms with Gasteiger partial charge >= 0.3 is 0 Å². The van der Waals surface area contributed by atoms with Crippen LogP contribution >= 0.6 is 0 Å². The Hall–Kier alpha value is -1.39. The average Bonchev–Trinajstić information content (AvgIpc) is 2.52. The summed E-state index contributed by atoms with van der Waals surface area (Å²) >= 11 is 0. The van der Waals surface area contributed by atoms with E-state index in [0.29, 0.717) is 12.6 Å². The van der Waals surface area contributed by atoms with Gasteiger partial charge in [-0.25, -0.2) is 0 Å². The van der Waals surface area contributed by atoms with Crippen LogP contribution in [0.25, 0.3) is 0 Å². The lowest BCUT2D eigenvalue weighted by Gasteiger charge is -2.30. The molecule has 0 heterocycles. The molecule has 0 radical (unpaired) electrons. The predicted molar refractivity (Wildman–Crippen MR) is 79.3 cm³/mol. The van der Waals surface area contributed by atoms with E-state index in [4.69, 9.17) is 4.74 Å². The molecule has 0 aliphatic heterocycles. The molecule has 0 bridgehead atoms. The van der Waals surface area contributed by atoms with Crippen molar-refractivity contribution in [2.24, 2.45) is 0 Å². The third kappa shape index (κ3) is 4.62. The van der Waals surface area contributed by atoms with E-state index in [1.165, 1.54) is 12.8 Å². The number of nitrogens with one attached hydrogen (secondary N) is 2. The lowest BCUT2D eigenvalue weighted by atomic mass is 9.92. The van der Waals surface area contributed by atoms with E-state index in [-0.39, 0.29) is 18.6 Å². The fourth-order valence-corrected chi connectivity index (χ4v) is 2.66. The van der Waals surface area contributed by atoms with Crippen LogP contribution in [-0.2, 0) is 16.1 Å². The number of likely N-dealkylation sites (N-methyl/N-ethyl adjacent to an activating group) is 1. The van der Waals surface area contributed by atoms with Gasteiger partial charge in [0.25, 0.3) is 0 Å². The highest BCUT2D eigenvalue weighted by atomic mass is 16.5. The van der Waals surface area contributed by atoms with Crippen molar-refractivity contribution in [2.75, 3.05) is 13.7 Å². The van der Waals surface area contributed by atoms with Gasteiger partial charge in [0.05, 0.1) is 6.10 Å². The molecule has 0 spiro atoms. The number of hydrogen-bond donors (Lipinski definition) is 2. The molecule has 0 saturated heterocycles. The molecular weight excluding hydrogens is 252 g/mol. The molecule has 4 nitrogen and oxygen atoms in total. The van der Waals surface area contributed by atoms with Gasteiger partial charge in [-0.1, -0.05) is 43.2 Å². The molecule has 1 aromatic carbocycles. The summed E-state index contributed by atoms with van der Waals surface area (Å²) in [5.41, 5.74) is 1.10. The minimum absolute atomic E-state index is 0.0470. The minimum atomic E-state index is -0.0470. The standard InChI is InChI=1S/C16H24N2O2/c1-17-14-9-5-6-10-15(14)20-12-16(19)18-11-13-7-3-2-4-8-13/h2-4,7-8,14-15,17H,5-6,9-12H2,1H3,(H,18,19). The molecule has 2 N–H and O–H groups in total. The van der Waals surface area contributed by atoms with Crippen LogP contribution in [0.5, 0.6) is 0 Å². The molecule has 1 aromatic rings. The molecule has 1 saturated carbocycles. The topological polar surface area (TPSA) is 50.4 Å². The van der Waals surface area contributed by atoms with Crippen molar-refractivity contribution in [3.05, 3.63) is 35.9 Å². The van der Waals surface area contributed by atoms with Gasteiger partial charge in [0.1, 0.15) is 6.61 Å². The maximum absolute atomic E-state index is 11.8. The summed E-state index contributed by atoms with van der Waals surface area (Å²) in [7, 11) is 1.96. The first-order valence-corrected chi connectivity index (χ1v) is 7.39. The molecule has 110 valence electrons. The summed E-state index contributed by atoms with van der Waals surface area (Å²) in [4.78, 5) is 11.8. The van der Waals surface area contributed by atoms with Crippen LogP contribution in [0.3, 0.4) is 0 Å². The number of rotatable bonds is 6. The molecule has 2 rings (SSSR count). The van der Waals surface area contributed by atoms with Crippen molar-refractivity contribution >= 4 is 5.91 Å². The first-order valence-electron chi connectivity index (χ1n) is 7.39. The first-order chi connectivity index (χ1) is 9.79. The zero-order valence-corrected chi connectivity index (χ0v) is 12.1. The van der Waals surface area contributed by atoms with Gasteiger partial charge in [-0.3, -0.25) is 4.79 Å². The van der Waals surface area contributed by atoms with Crippen molar-refractivity contribution in [2.45, 2.75) is 44.4 Å². The second kappa shape index (κ2) is 8.02. The highest BCUT2D eigenvalue weighted by molar-refractivity contribution is 5.77.